The van der Waals surface area contributed by atoms with Crippen LogP contribution in [0.15, 0.2) is 12.4 Å². The molecule has 2 atom stereocenters. The van der Waals surface area contributed by atoms with Crippen LogP contribution in [0.25, 0.3) is 0 Å². The Kier molecular flexibility index (Phi) is 4.36. The fourth-order valence-corrected chi connectivity index (χ4v) is 4.17. The fraction of sp³-hybridized carbons (Fsp3) is 0.824. The summed E-state index contributed by atoms with van der Waals surface area (Å²) in [6.07, 6.45) is 7.97. The van der Waals surface area contributed by atoms with E-state index < -0.39 is 0 Å². The van der Waals surface area contributed by atoms with Crippen molar-refractivity contribution in [3.63, 3.8) is 0 Å². The number of imidazole rings is 1. The van der Waals surface area contributed by atoms with Crippen molar-refractivity contribution in [2.75, 3.05) is 19.6 Å². The second-order valence-electron chi connectivity index (χ2n) is 7.49. The van der Waals surface area contributed by atoms with Gasteiger partial charge in [0.25, 0.3) is 0 Å². The molecule has 3 rings (SSSR count). The number of nitrogens with one attached hydrogen (secondary N) is 1. The molecule has 0 aromatic carbocycles. The maximum absolute atomic E-state index is 4.48. The average molecular weight is 290 g/mol. The van der Waals surface area contributed by atoms with Crippen molar-refractivity contribution in [2.24, 2.45) is 11.3 Å². The van der Waals surface area contributed by atoms with E-state index in [1.165, 1.54) is 38.2 Å². The summed E-state index contributed by atoms with van der Waals surface area (Å²) >= 11 is 0. The minimum atomic E-state index is 0.439. The first-order valence-electron chi connectivity index (χ1n) is 8.56. The zero-order valence-electron chi connectivity index (χ0n) is 13.8. The molecule has 0 bridgehead atoms. The second-order valence-corrected chi connectivity index (χ2v) is 7.49. The SMILES string of the molecule is CCCNC1C(CN2CCn3ccnc3C2)CCC1(C)C. The predicted molar refractivity (Wildman–Crippen MR) is 86.1 cm³/mol. The highest BCUT2D eigenvalue weighted by molar-refractivity contribution is 4.99. The van der Waals surface area contributed by atoms with Crippen molar-refractivity contribution in [1.29, 1.82) is 0 Å². The van der Waals surface area contributed by atoms with E-state index in [0.717, 1.165) is 25.6 Å². The molecule has 4 nitrogen and oxygen atoms in total. The number of fused-ring (bicyclic) bond motifs is 1. The number of nitrogens with zero attached hydrogens (tertiary/aromatic N) is 3. The Morgan fingerprint density at radius 2 is 2.24 bits per heavy atom. The molecule has 1 N–H and O–H groups in total. The molecule has 1 aliphatic carbocycles. The van der Waals surface area contributed by atoms with Gasteiger partial charge in [-0.15, -0.1) is 0 Å². The molecular weight excluding hydrogens is 260 g/mol. The second kappa shape index (κ2) is 6.09. The first kappa shape index (κ1) is 15.0. The Morgan fingerprint density at radius 3 is 3.05 bits per heavy atom. The van der Waals surface area contributed by atoms with E-state index in [4.69, 9.17) is 0 Å². The molecule has 4 heteroatoms. The molecule has 1 fully saturated rings. The van der Waals surface area contributed by atoms with Crippen LogP contribution in [0.1, 0.15) is 45.9 Å². The third-order valence-electron chi connectivity index (χ3n) is 5.40. The highest BCUT2D eigenvalue weighted by Crippen LogP contribution is 2.41. The first-order chi connectivity index (χ1) is 10.1. The lowest BCUT2D eigenvalue weighted by Gasteiger charge is -2.35. The van der Waals surface area contributed by atoms with Gasteiger partial charge in [-0.1, -0.05) is 20.8 Å². The zero-order valence-corrected chi connectivity index (χ0v) is 13.8. The van der Waals surface area contributed by atoms with Crippen LogP contribution < -0.4 is 5.32 Å². The molecule has 1 saturated carbocycles. The topological polar surface area (TPSA) is 33.1 Å². The van der Waals surface area contributed by atoms with Crippen LogP contribution in [-0.2, 0) is 13.1 Å². The Balaban J connectivity index is 1.61. The summed E-state index contributed by atoms with van der Waals surface area (Å²) in [7, 11) is 0. The molecule has 21 heavy (non-hydrogen) atoms. The Labute approximate surface area is 128 Å². The fourth-order valence-electron chi connectivity index (χ4n) is 4.17. The summed E-state index contributed by atoms with van der Waals surface area (Å²) < 4.78 is 2.29. The molecule has 118 valence electrons. The van der Waals surface area contributed by atoms with Crippen molar-refractivity contribution in [2.45, 2.75) is 59.2 Å². The standard InChI is InChI=1S/C17H30N4/c1-4-7-19-16-14(5-6-17(16,2)3)12-20-10-11-21-9-8-18-15(21)13-20/h8-9,14,16,19H,4-7,10-13H2,1-3H3. The molecular formula is C17H30N4. The lowest BCUT2D eigenvalue weighted by Crippen LogP contribution is -2.47. The lowest BCUT2D eigenvalue weighted by atomic mass is 9.84. The van der Waals surface area contributed by atoms with E-state index in [2.05, 4.69) is 46.7 Å². The number of aromatic nitrogens is 2. The van der Waals surface area contributed by atoms with Gasteiger partial charge in [0.1, 0.15) is 5.82 Å². The van der Waals surface area contributed by atoms with Crippen molar-refractivity contribution < 1.29 is 0 Å². The van der Waals surface area contributed by atoms with Crippen molar-refractivity contribution in [3.05, 3.63) is 18.2 Å². The summed E-state index contributed by atoms with van der Waals surface area (Å²) in [6, 6.07) is 0.666. The molecule has 2 heterocycles. The molecule has 0 saturated heterocycles. The van der Waals surface area contributed by atoms with Gasteiger partial charge in [-0.3, -0.25) is 4.90 Å². The lowest BCUT2D eigenvalue weighted by molar-refractivity contribution is 0.156. The third kappa shape index (κ3) is 3.16. The smallest absolute Gasteiger partial charge is 0.122 e. The van der Waals surface area contributed by atoms with Gasteiger partial charge in [-0.05, 0) is 37.1 Å². The Morgan fingerprint density at radius 1 is 1.38 bits per heavy atom. The Hall–Kier alpha value is -0.870. The van der Waals surface area contributed by atoms with E-state index in [1.54, 1.807) is 0 Å². The minimum Gasteiger partial charge on any atom is -0.333 e. The molecule has 0 radical (unpaired) electrons. The van der Waals surface area contributed by atoms with Crippen molar-refractivity contribution >= 4 is 0 Å². The van der Waals surface area contributed by atoms with Gasteiger partial charge in [0, 0.05) is 38.1 Å². The van der Waals surface area contributed by atoms with E-state index in [9.17, 15) is 0 Å². The molecule has 2 aliphatic rings. The van der Waals surface area contributed by atoms with E-state index >= 15 is 0 Å². The van der Waals surface area contributed by atoms with Crippen LogP contribution >= 0.6 is 0 Å². The van der Waals surface area contributed by atoms with E-state index in [-0.39, 0.29) is 0 Å². The largest absolute Gasteiger partial charge is 0.333 e. The van der Waals surface area contributed by atoms with Crippen LogP contribution in [0, 0.1) is 11.3 Å². The average Bonchev–Trinajstić information content (AvgIpc) is 3.02. The van der Waals surface area contributed by atoms with Gasteiger partial charge in [-0.25, -0.2) is 4.98 Å². The zero-order chi connectivity index (χ0) is 14.9. The number of hydrogen-bond donors (Lipinski definition) is 1. The van der Waals surface area contributed by atoms with Gasteiger partial charge >= 0.3 is 0 Å². The molecule has 1 aromatic rings. The van der Waals surface area contributed by atoms with Crippen molar-refractivity contribution in [1.82, 2.24) is 19.8 Å². The third-order valence-corrected chi connectivity index (χ3v) is 5.40. The maximum Gasteiger partial charge on any atom is 0.122 e. The number of hydrogen-bond acceptors (Lipinski definition) is 3. The summed E-state index contributed by atoms with van der Waals surface area (Å²) in [5.74, 6) is 2.02. The molecule has 0 spiro atoms. The van der Waals surface area contributed by atoms with E-state index in [1.807, 2.05) is 6.20 Å². The van der Waals surface area contributed by atoms with Gasteiger partial charge in [0.2, 0.25) is 0 Å². The summed E-state index contributed by atoms with van der Waals surface area (Å²) in [4.78, 5) is 7.09. The highest BCUT2D eigenvalue weighted by Gasteiger charge is 2.42. The quantitative estimate of drug-likeness (QED) is 0.904. The summed E-state index contributed by atoms with van der Waals surface area (Å²) in [5.41, 5.74) is 0.439. The van der Waals surface area contributed by atoms with Gasteiger partial charge in [-0.2, -0.15) is 0 Å². The maximum atomic E-state index is 4.48. The molecule has 0 amide bonds. The number of rotatable bonds is 5. The van der Waals surface area contributed by atoms with Crippen LogP contribution in [0.3, 0.4) is 0 Å². The predicted octanol–water partition coefficient (Wildman–Crippen LogP) is 2.50. The van der Waals surface area contributed by atoms with Crippen LogP contribution in [-0.4, -0.2) is 40.1 Å². The summed E-state index contributed by atoms with van der Waals surface area (Å²) in [6.45, 7) is 12.8. The monoisotopic (exact) mass is 290 g/mol. The van der Waals surface area contributed by atoms with Crippen LogP contribution in [0.5, 0.6) is 0 Å². The Bertz CT molecular complexity index is 465. The summed E-state index contributed by atoms with van der Waals surface area (Å²) in [5, 5.41) is 3.83. The van der Waals surface area contributed by atoms with Crippen LogP contribution in [0.4, 0.5) is 0 Å². The normalized spacial score (nSPS) is 28.7. The van der Waals surface area contributed by atoms with Gasteiger partial charge in [0.15, 0.2) is 0 Å². The highest BCUT2D eigenvalue weighted by atomic mass is 15.2. The molecule has 2 unspecified atom stereocenters. The van der Waals surface area contributed by atoms with Crippen molar-refractivity contribution in [3.8, 4) is 0 Å². The minimum absolute atomic E-state index is 0.439. The molecule has 1 aliphatic heterocycles. The first-order valence-corrected chi connectivity index (χ1v) is 8.56. The van der Waals surface area contributed by atoms with Gasteiger partial charge < -0.3 is 9.88 Å². The van der Waals surface area contributed by atoms with Gasteiger partial charge in [0.05, 0.1) is 6.54 Å². The van der Waals surface area contributed by atoms with E-state index in [0.29, 0.717) is 11.5 Å². The molecule has 1 aromatic heterocycles. The van der Waals surface area contributed by atoms with Crippen LogP contribution in [0.2, 0.25) is 0 Å².